The van der Waals surface area contributed by atoms with E-state index in [0.29, 0.717) is 5.92 Å². The van der Waals surface area contributed by atoms with Gasteiger partial charge in [0.25, 0.3) is 5.91 Å². The molecule has 28 heavy (non-hydrogen) atoms. The lowest BCUT2D eigenvalue weighted by atomic mass is 10.1. The van der Waals surface area contributed by atoms with Crippen molar-refractivity contribution in [1.82, 2.24) is 14.9 Å². The predicted molar refractivity (Wildman–Crippen MR) is 116 cm³/mol. The molecule has 0 saturated heterocycles. The molecule has 1 atom stereocenters. The van der Waals surface area contributed by atoms with Crippen LogP contribution in [0.4, 0.5) is 0 Å². The van der Waals surface area contributed by atoms with Gasteiger partial charge in [0.15, 0.2) is 0 Å². The highest BCUT2D eigenvalue weighted by Gasteiger charge is 2.12. The second-order valence-corrected chi connectivity index (χ2v) is 7.57. The number of aromatic nitrogens is 2. The summed E-state index contributed by atoms with van der Waals surface area (Å²) in [5, 5.41) is 3.00. The van der Waals surface area contributed by atoms with Crippen LogP contribution in [0, 0.1) is 5.92 Å². The predicted octanol–water partition coefficient (Wildman–Crippen LogP) is 5.23. The third kappa shape index (κ3) is 5.22. The van der Waals surface area contributed by atoms with Crippen LogP contribution in [0.5, 0.6) is 0 Å². The van der Waals surface area contributed by atoms with Crippen LogP contribution >= 0.6 is 0 Å². The zero-order valence-electron chi connectivity index (χ0n) is 17.0. The number of carbonyl (C=O) groups is 1. The molecule has 1 amide bonds. The fraction of sp³-hybridized carbons (Fsp3) is 0.417. The average Bonchev–Trinajstić information content (AvgIpc) is 3.08. The molecule has 3 aromatic rings. The Kier molecular flexibility index (Phi) is 7.24. The SMILES string of the molecule is CCC(C)Cn1c(CCCCCNC(=O)c2ccccc2)nc2ccccc21. The molecule has 0 spiro atoms. The van der Waals surface area contributed by atoms with Crippen molar-refractivity contribution in [3.8, 4) is 0 Å². The molecule has 0 bridgehead atoms. The Bertz CT molecular complexity index is 885. The van der Waals surface area contributed by atoms with Crippen LogP contribution in [-0.4, -0.2) is 22.0 Å². The van der Waals surface area contributed by atoms with Gasteiger partial charge < -0.3 is 9.88 Å². The van der Waals surface area contributed by atoms with Gasteiger partial charge in [0.05, 0.1) is 11.0 Å². The molecule has 0 fully saturated rings. The van der Waals surface area contributed by atoms with Crippen LogP contribution in [0.3, 0.4) is 0 Å². The van der Waals surface area contributed by atoms with Crippen LogP contribution in [-0.2, 0) is 13.0 Å². The van der Waals surface area contributed by atoms with Crippen molar-refractivity contribution >= 4 is 16.9 Å². The number of hydrogen-bond donors (Lipinski definition) is 1. The van der Waals surface area contributed by atoms with Gasteiger partial charge in [0, 0.05) is 25.1 Å². The molecule has 3 rings (SSSR count). The van der Waals surface area contributed by atoms with E-state index in [0.717, 1.165) is 49.9 Å². The van der Waals surface area contributed by atoms with E-state index >= 15 is 0 Å². The maximum atomic E-state index is 12.0. The van der Waals surface area contributed by atoms with Crippen molar-refractivity contribution < 1.29 is 4.79 Å². The molecule has 1 aromatic heterocycles. The van der Waals surface area contributed by atoms with Gasteiger partial charge in [0.2, 0.25) is 0 Å². The van der Waals surface area contributed by atoms with E-state index < -0.39 is 0 Å². The standard InChI is InChI=1S/C24H31N3O/c1-3-19(2)18-27-22-15-10-9-14-21(22)26-23(27)16-8-5-11-17-25-24(28)20-12-6-4-7-13-20/h4,6-7,9-10,12-15,19H,3,5,8,11,16-18H2,1-2H3,(H,25,28). The summed E-state index contributed by atoms with van der Waals surface area (Å²) < 4.78 is 2.40. The van der Waals surface area contributed by atoms with E-state index in [1.807, 2.05) is 30.3 Å². The second kappa shape index (κ2) is 10.1. The molecule has 1 unspecified atom stereocenters. The molecule has 0 aliphatic heterocycles. The van der Waals surface area contributed by atoms with Crippen molar-refractivity contribution in [2.75, 3.05) is 6.54 Å². The quantitative estimate of drug-likeness (QED) is 0.492. The van der Waals surface area contributed by atoms with E-state index in [1.54, 1.807) is 0 Å². The second-order valence-electron chi connectivity index (χ2n) is 7.57. The maximum absolute atomic E-state index is 12.0. The summed E-state index contributed by atoms with van der Waals surface area (Å²) in [6.45, 7) is 6.29. The van der Waals surface area contributed by atoms with Crippen LogP contribution in [0.1, 0.15) is 55.7 Å². The first-order valence-corrected chi connectivity index (χ1v) is 10.5. The number of amides is 1. The molecule has 148 valence electrons. The molecule has 0 aliphatic rings. The van der Waals surface area contributed by atoms with Crippen LogP contribution < -0.4 is 5.32 Å². The third-order valence-electron chi connectivity index (χ3n) is 5.32. The number of para-hydroxylation sites is 2. The van der Waals surface area contributed by atoms with Crippen molar-refractivity contribution in [2.45, 2.75) is 52.5 Å². The summed E-state index contributed by atoms with van der Waals surface area (Å²) in [6.07, 6.45) is 5.32. The van der Waals surface area contributed by atoms with Gasteiger partial charge in [0.1, 0.15) is 5.82 Å². The largest absolute Gasteiger partial charge is 0.352 e. The minimum atomic E-state index is 0.0101. The van der Waals surface area contributed by atoms with Gasteiger partial charge in [-0.3, -0.25) is 4.79 Å². The summed E-state index contributed by atoms with van der Waals surface area (Å²) in [5.41, 5.74) is 3.06. The minimum absolute atomic E-state index is 0.0101. The Balaban J connectivity index is 1.48. The summed E-state index contributed by atoms with van der Waals surface area (Å²) in [4.78, 5) is 16.9. The minimum Gasteiger partial charge on any atom is -0.352 e. The number of benzene rings is 2. The van der Waals surface area contributed by atoms with E-state index in [1.165, 1.54) is 17.8 Å². The van der Waals surface area contributed by atoms with Crippen molar-refractivity contribution in [3.63, 3.8) is 0 Å². The number of nitrogens with zero attached hydrogens (tertiary/aromatic N) is 2. The molecule has 1 heterocycles. The molecular weight excluding hydrogens is 346 g/mol. The summed E-state index contributed by atoms with van der Waals surface area (Å²) in [7, 11) is 0. The molecule has 2 aromatic carbocycles. The lowest BCUT2D eigenvalue weighted by molar-refractivity contribution is 0.0953. The van der Waals surface area contributed by atoms with Gasteiger partial charge in [-0.15, -0.1) is 0 Å². The monoisotopic (exact) mass is 377 g/mol. The Morgan fingerprint density at radius 1 is 1.04 bits per heavy atom. The smallest absolute Gasteiger partial charge is 0.251 e. The number of aryl methyl sites for hydroxylation is 1. The highest BCUT2D eigenvalue weighted by Crippen LogP contribution is 2.20. The van der Waals surface area contributed by atoms with Gasteiger partial charge in [-0.05, 0) is 43.0 Å². The molecule has 4 heteroatoms. The van der Waals surface area contributed by atoms with Crippen LogP contribution in [0.15, 0.2) is 54.6 Å². The van der Waals surface area contributed by atoms with Crippen LogP contribution in [0.25, 0.3) is 11.0 Å². The Morgan fingerprint density at radius 2 is 1.79 bits per heavy atom. The molecular formula is C24H31N3O. The summed E-state index contributed by atoms with van der Waals surface area (Å²) >= 11 is 0. The summed E-state index contributed by atoms with van der Waals surface area (Å²) in [6, 6.07) is 17.8. The number of imidazole rings is 1. The van der Waals surface area contributed by atoms with Crippen LogP contribution in [0.2, 0.25) is 0 Å². The fourth-order valence-corrected chi connectivity index (χ4v) is 3.44. The Labute approximate surface area is 168 Å². The number of hydrogen-bond acceptors (Lipinski definition) is 2. The first-order valence-electron chi connectivity index (χ1n) is 10.5. The molecule has 0 saturated carbocycles. The zero-order chi connectivity index (χ0) is 19.8. The molecule has 0 aliphatic carbocycles. The van der Waals surface area contributed by atoms with E-state index in [2.05, 4.69) is 48.0 Å². The first kappa shape index (κ1) is 20.1. The van der Waals surface area contributed by atoms with Gasteiger partial charge in [-0.2, -0.15) is 0 Å². The van der Waals surface area contributed by atoms with E-state index in [9.17, 15) is 4.79 Å². The maximum Gasteiger partial charge on any atom is 0.251 e. The molecule has 1 N–H and O–H groups in total. The zero-order valence-corrected chi connectivity index (χ0v) is 17.0. The van der Waals surface area contributed by atoms with Gasteiger partial charge in [-0.1, -0.05) is 57.0 Å². The Hall–Kier alpha value is -2.62. The van der Waals surface area contributed by atoms with E-state index in [4.69, 9.17) is 4.98 Å². The topological polar surface area (TPSA) is 46.9 Å². The molecule has 4 nitrogen and oxygen atoms in total. The number of unbranched alkanes of at least 4 members (excludes halogenated alkanes) is 2. The van der Waals surface area contributed by atoms with Crippen molar-refractivity contribution in [1.29, 1.82) is 0 Å². The summed E-state index contributed by atoms with van der Waals surface area (Å²) in [5.74, 6) is 1.84. The number of carbonyl (C=O) groups excluding carboxylic acids is 1. The fourth-order valence-electron chi connectivity index (χ4n) is 3.44. The van der Waals surface area contributed by atoms with Crippen molar-refractivity contribution in [3.05, 3.63) is 66.0 Å². The number of nitrogens with one attached hydrogen (secondary N) is 1. The average molecular weight is 378 g/mol. The highest BCUT2D eigenvalue weighted by atomic mass is 16.1. The van der Waals surface area contributed by atoms with Gasteiger partial charge in [-0.25, -0.2) is 4.98 Å². The third-order valence-corrected chi connectivity index (χ3v) is 5.32. The number of fused-ring (bicyclic) bond motifs is 1. The highest BCUT2D eigenvalue weighted by molar-refractivity contribution is 5.94. The number of rotatable bonds is 10. The lowest BCUT2D eigenvalue weighted by Crippen LogP contribution is -2.24. The first-order chi connectivity index (χ1) is 13.7. The lowest BCUT2D eigenvalue weighted by Gasteiger charge is -2.14. The van der Waals surface area contributed by atoms with Gasteiger partial charge >= 0.3 is 0 Å². The van der Waals surface area contributed by atoms with Crippen molar-refractivity contribution in [2.24, 2.45) is 5.92 Å². The Morgan fingerprint density at radius 3 is 2.57 bits per heavy atom. The normalized spacial score (nSPS) is 12.2. The molecule has 0 radical (unpaired) electrons. The van der Waals surface area contributed by atoms with E-state index in [-0.39, 0.29) is 5.91 Å².